The van der Waals surface area contributed by atoms with Gasteiger partial charge in [0.2, 0.25) is 5.91 Å². The number of ether oxygens (including phenoxy) is 1. The first kappa shape index (κ1) is 24.5. The standard InChI is InChI=1S/C24H30N4O4S2/c1-14(2)28-21(16-11-12-32-15(16)3)26-27-24(28)33-13-19(29)25-22-20(23(30)31-4)17-9-7-5-6-8-10-18(17)34-22/h11-12,14H,5-10,13H2,1-4H3,(H,25,29). The summed E-state index contributed by atoms with van der Waals surface area (Å²) in [5.74, 6) is 1.06. The third-order valence-electron chi connectivity index (χ3n) is 5.93. The zero-order valence-corrected chi connectivity index (χ0v) is 21.6. The Morgan fingerprint density at radius 1 is 1.24 bits per heavy atom. The maximum absolute atomic E-state index is 12.9. The van der Waals surface area contributed by atoms with Gasteiger partial charge in [-0.15, -0.1) is 21.5 Å². The van der Waals surface area contributed by atoms with E-state index in [1.54, 1.807) is 6.26 Å². The topological polar surface area (TPSA) is 99.2 Å². The zero-order chi connectivity index (χ0) is 24.2. The van der Waals surface area contributed by atoms with Crippen LogP contribution in [-0.4, -0.2) is 39.5 Å². The Balaban J connectivity index is 1.52. The van der Waals surface area contributed by atoms with Crippen LogP contribution in [0.1, 0.15) is 72.1 Å². The molecule has 34 heavy (non-hydrogen) atoms. The lowest BCUT2D eigenvalue weighted by molar-refractivity contribution is -0.113. The smallest absolute Gasteiger partial charge is 0.341 e. The van der Waals surface area contributed by atoms with Crippen LogP contribution in [0.3, 0.4) is 0 Å². The molecule has 1 aliphatic rings. The van der Waals surface area contributed by atoms with Crippen LogP contribution in [0.25, 0.3) is 11.4 Å². The number of hydrogen-bond acceptors (Lipinski definition) is 8. The van der Waals surface area contributed by atoms with Gasteiger partial charge >= 0.3 is 5.97 Å². The normalized spacial score (nSPS) is 13.9. The molecule has 1 aliphatic carbocycles. The molecule has 0 atom stereocenters. The zero-order valence-electron chi connectivity index (χ0n) is 20.0. The number of anilines is 1. The van der Waals surface area contributed by atoms with Gasteiger partial charge < -0.3 is 14.5 Å². The number of fused-ring (bicyclic) bond motifs is 1. The van der Waals surface area contributed by atoms with E-state index in [0.29, 0.717) is 15.7 Å². The minimum absolute atomic E-state index is 0.104. The van der Waals surface area contributed by atoms with Crippen molar-refractivity contribution in [3.8, 4) is 11.4 Å². The minimum Gasteiger partial charge on any atom is -0.469 e. The fraction of sp³-hybridized carbons (Fsp3) is 0.500. The first-order valence-corrected chi connectivity index (χ1v) is 13.4. The number of aryl methyl sites for hydroxylation is 2. The van der Waals surface area contributed by atoms with Gasteiger partial charge in [-0.1, -0.05) is 24.6 Å². The van der Waals surface area contributed by atoms with Crippen molar-refractivity contribution in [1.29, 1.82) is 0 Å². The number of carbonyl (C=O) groups excluding carboxylic acids is 2. The molecule has 0 aromatic carbocycles. The lowest BCUT2D eigenvalue weighted by atomic mass is 9.96. The lowest BCUT2D eigenvalue weighted by Gasteiger charge is -2.13. The van der Waals surface area contributed by atoms with E-state index in [1.165, 1.54) is 41.5 Å². The van der Waals surface area contributed by atoms with Gasteiger partial charge in [-0.05, 0) is 58.1 Å². The second kappa shape index (κ2) is 10.8. The van der Waals surface area contributed by atoms with Crippen LogP contribution < -0.4 is 5.32 Å². The number of methoxy groups -OCH3 is 1. The first-order chi connectivity index (χ1) is 16.4. The van der Waals surface area contributed by atoms with Gasteiger partial charge in [0.25, 0.3) is 0 Å². The summed E-state index contributed by atoms with van der Waals surface area (Å²) in [6, 6.07) is 1.98. The van der Waals surface area contributed by atoms with Gasteiger partial charge in [0, 0.05) is 10.9 Å². The van der Waals surface area contributed by atoms with Crippen molar-refractivity contribution in [2.24, 2.45) is 0 Å². The van der Waals surface area contributed by atoms with E-state index in [-0.39, 0.29) is 23.7 Å². The van der Waals surface area contributed by atoms with Crippen molar-refractivity contribution in [3.05, 3.63) is 34.1 Å². The summed E-state index contributed by atoms with van der Waals surface area (Å²) in [5.41, 5.74) is 2.45. The number of esters is 1. The number of rotatable bonds is 7. The SMILES string of the molecule is COC(=O)c1c(NC(=O)CSc2nnc(-c3ccoc3C)n2C(C)C)sc2c1CCCCCC2. The van der Waals surface area contributed by atoms with E-state index >= 15 is 0 Å². The van der Waals surface area contributed by atoms with E-state index in [4.69, 9.17) is 9.15 Å². The van der Waals surface area contributed by atoms with Crippen LogP contribution in [0.5, 0.6) is 0 Å². The van der Waals surface area contributed by atoms with Crippen molar-refractivity contribution in [1.82, 2.24) is 14.8 Å². The van der Waals surface area contributed by atoms with E-state index in [9.17, 15) is 9.59 Å². The minimum atomic E-state index is -0.388. The van der Waals surface area contributed by atoms with E-state index in [0.717, 1.165) is 54.8 Å². The fourth-order valence-corrected chi connectivity index (χ4v) is 6.42. The van der Waals surface area contributed by atoms with Crippen LogP contribution in [-0.2, 0) is 22.4 Å². The maximum atomic E-state index is 12.9. The number of hydrogen-bond donors (Lipinski definition) is 1. The average molecular weight is 503 g/mol. The molecule has 0 spiro atoms. The Kier molecular flexibility index (Phi) is 7.77. The molecule has 0 saturated heterocycles. The molecule has 182 valence electrons. The molecule has 1 N–H and O–H groups in total. The molecule has 4 rings (SSSR count). The molecule has 3 aromatic heterocycles. The summed E-state index contributed by atoms with van der Waals surface area (Å²) >= 11 is 2.83. The molecule has 0 saturated carbocycles. The summed E-state index contributed by atoms with van der Waals surface area (Å²) in [4.78, 5) is 26.7. The summed E-state index contributed by atoms with van der Waals surface area (Å²) < 4.78 is 12.5. The molecule has 8 nitrogen and oxygen atoms in total. The third kappa shape index (κ3) is 5.07. The van der Waals surface area contributed by atoms with Crippen LogP contribution in [0, 0.1) is 6.92 Å². The molecule has 3 aromatic rings. The van der Waals surface area contributed by atoms with E-state index in [2.05, 4.69) is 29.4 Å². The second-order valence-electron chi connectivity index (χ2n) is 8.61. The summed E-state index contributed by atoms with van der Waals surface area (Å²) in [6.07, 6.45) is 7.90. The van der Waals surface area contributed by atoms with Crippen molar-refractivity contribution < 1.29 is 18.7 Å². The van der Waals surface area contributed by atoms with Crippen LogP contribution in [0.4, 0.5) is 5.00 Å². The number of furan rings is 1. The predicted molar refractivity (Wildman–Crippen MR) is 134 cm³/mol. The monoisotopic (exact) mass is 502 g/mol. The fourth-order valence-electron chi connectivity index (χ4n) is 4.26. The van der Waals surface area contributed by atoms with Gasteiger partial charge in [0.1, 0.15) is 10.8 Å². The Bertz CT molecular complexity index is 1180. The average Bonchev–Trinajstić information content (AvgIpc) is 3.48. The molecule has 0 unspecified atom stereocenters. The molecule has 0 aliphatic heterocycles. The number of thioether (sulfide) groups is 1. The van der Waals surface area contributed by atoms with E-state index in [1.807, 2.05) is 17.6 Å². The number of nitrogens with zero attached hydrogens (tertiary/aromatic N) is 3. The number of carbonyl (C=O) groups is 2. The highest BCUT2D eigenvalue weighted by Crippen LogP contribution is 2.38. The molecular weight excluding hydrogens is 472 g/mol. The van der Waals surface area contributed by atoms with Crippen LogP contribution in [0.2, 0.25) is 0 Å². The number of thiophene rings is 1. The van der Waals surface area contributed by atoms with Gasteiger partial charge in [0.05, 0.1) is 30.3 Å². The second-order valence-corrected chi connectivity index (χ2v) is 10.7. The molecule has 0 bridgehead atoms. The number of amides is 1. The maximum Gasteiger partial charge on any atom is 0.341 e. The molecule has 1 amide bonds. The summed E-state index contributed by atoms with van der Waals surface area (Å²) in [7, 11) is 1.38. The third-order valence-corrected chi connectivity index (χ3v) is 8.08. The largest absolute Gasteiger partial charge is 0.469 e. The van der Waals surface area contributed by atoms with Crippen LogP contribution in [0.15, 0.2) is 21.9 Å². The summed E-state index contributed by atoms with van der Waals surface area (Å²) in [6.45, 7) is 5.99. The van der Waals surface area contributed by atoms with E-state index < -0.39 is 0 Å². The van der Waals surface area contributed by atoms with Crippen LogP contribution >= 0.6 is 23.1 Å². The van der Waals surface area contributed by atoms with Crippen molar-refractivity contribution >= 4 is 40.0 Å². The Labute approximate surface area is 207 Å². The summed E-state index contributed by atoms with van der Waals surface area (Å²) in [5, 5.41) is 12.9. The van der Waals surface area contributed by atoms with Gasteiger partial charge in [0.15, 0.2) is 11.0 Å². The molecule has 0 radical (unpaired) electrons. The first-order valence-electron chi connectivity index (χ1n) is 11.6. The van der Waals surface area contributed by atoms with Crippen molar-refractivity contribution in [2.45, 2.75) is 70.5 Å². The van der Waals surface area contributed by atoms with Gasteiger partial charge in [-0.25, -0.2) is 4.79 Å². The van der Waals surface area contributed by atoms with Crippen molar-refractivity contribution in [2.75, 3.05) is 18.2 Å². The molecular formula is C24H30N4O4S2. The van der Waals surface area contributed by atoms with Gasteiger partial charge in [-0.3, -0.25) is 9.36 Å². The Morgan fingerprint density at radius 2 is 2.00 bits per heavy atom. The van der Waals surface area contributed by atoms with Gasteiger partial charge in [-0.2, -0.15) is 0 Å². The number of aromatic nitrogens is 3. The molecule has 0 fully saturated rings. The predicted octanol–water partition coefficient (Wildman–Crippen LogP) is 5.67. The number of nitrogens with one attached hydrogen (secondary N) is 1. The highest BCUT2D eigenvalue weighted by molar-refractivity contribution is 7.99. The highest BCUT2D eigenvalue weighted by Gasteiger charge is 2.26. The quantitative estimate of drug-likeness (QED) is 0.328. The Hall–Kier alpha value is -2.59. The highest BCUT2D eigenvalue weighted by atomic mass is 32.2. The molecule has 10 heteroatoms. The lowest BCUT2D eigenvalue weighted by Crippen LogP contribution is -2.17. The van der Waals surface area contributed by atoms with Crippen molar-refractivity contribution in [3.63, 3.8) is 0 Å². The Morgan fingerprint density at radius 3 is 2.68 bits per heavy atom. The molecule has 3 heterocycles.